The number of nitrogens with one attached hydrogen (secondary N) is 1. The highest BCUT2D eigenvalue weighted by Crippen LogP contribution is 2.24. The molecule has 0 spiro atoms. The Morgan fingerprint density at radius 2 is 1.95 bits per heavy atom. The minimum Gasteiger partial charge on any atom is -0.334 e. The van der Waals surface area contributed by atoms with E-state index in [-0.39, 0.29) is 28.7 Å². The van der Waals surface area contributed by atoms with Crippen LogP contribution in [-0.4, -0.2) is 20.1 Å². The Bertz CT molecular complexity index is 846. The molecule has 21 heavy (non-hydrogen) atoms. The molecule has 1 N–H and O–H groups in total. The van der Waals surface area contributed by atoms with E-state index in [1.165, 1.54) is 12.5 Å². The summed E-state index contributed by atoms with van der Waals surface area (Å²) in [6, 6.07) is 3.24. The van der Waals surface area contributed by atoms with Gasteiger partial charge in [-0.25, -0.2) is 9.37 Å². The first-order chi connectivity index (χ1) is 10.1. The molecular formula is C14H11FN4O2. The van der Waals surface area contributed by atoms with Gasteiger partial charge >= 0.3 is 0 Å². The van der Waals surface area contributed by atoms with Crippen molar-refractivity contribution < 1.29 is 8.91 Å². The summed E-state index contributed by atoms with van der Waals surface area (Å²) in [7, 11) is 0. The van der Waals surface area contributed by atoms with Crippen molar-refractivity contribution >= 4 is 0 Å². The Hall–Kier alpha value is -2.83. The van der Waals surface area contributed by atoms with Gasteiger partial charge in [-0.2, -0.15) is 4.98 Å². The maximum atomic E-state index is 13.6. The summed E-state index contributed by atoms with van der Waals surface area (Å²) >= 11 is 0. The SMILES string of the molecule is Cc1cc(-c2nc(-c3cnc[nH]c3=O)no2)cc(C)c1F. The van der Waals surface area contributed by atoms with Crippen LogP contribution in [0.4, 0.5) is 4.39 Å². The van der Waals surface area contributed by atoms with Crippen LogP contribution in [0.1, 0.15) is 11.1 Å². The van der Waals surface area contributed by atoms with E-state index in [0.29, 0.717) is 16.7 Å². The van der Waals surface area contributed by atoms with Crippen molar-refractivity contribution in [1.29, 1.82) is 0 Å². The van der Waals surface area contributed by atoms with Gasteiger partial charge in [0.15, 0.2) is 0 Å². The summed E-state index contributed by atoms with van der Waals surface area (Å²) in [6.07, 6.45) is 2.63. The number of hydrogen-bond donors (Lipinski definition) is 1. The lowest BCUT2D eigenvalue weighted by Gasteiger charge is -2.02. The fraction of sp³-hybridized carbons (Fsp3) is 0.143. The van der Waals surface area contributed by atoms with Crippen LogP contribution in [0, 0.1) is 19.7 Å². The van der Waals surface area contributed by atoms with Crippen LogP contribution in [-0.2, 0) is 0 Å². The van der Waals surface area contributed by atoms with Crippen LogP contribution in [0.25, 0.3) is 22.8 Å². The molecule has 0 unspecified atom stereocenters. The molecule has 0 bridgehead atoms. The quantitative estimate of drug-likeness (QED) is 0.781. The first kappa shape index (κ1) is 13.2. The second-order valence-electron chi connectivity index (χ2n) is 4.64. The Morgan fingerprint density at radius 1 is 1.24 bits per heavy atom. The summed E-state index contributed by atoms with van der Waals surface area (Å²) in [5.74, 6) is 0.0978. The third-order valence-electron chi connectivity index (χ3n) is 3.07. The van der Waals surface area contributed by atoms with E-state index in [2.05, 4.69) is 20.1 Å². The zero-order valence-corrected chi connectivity index (χ0v) is 11.3. The van der Waals surface area contributed by atoms with E-state index in [1.54, 1.807) is 26.0 Å². The first-order valence-corrected chi connectivity index (χ1v) is 6.20. The normalized spacial score (nSPS) is 10.8. The van der Waals surface area contributed by atoms with Crippen LogP contribution >= 0.6 is 0 Å². The lowest BCUT2D eigenvalue weighted by molar-refractivity contribution is 0.432. The summed E-state index contributed by atoms with van der Waals surface area (Å²) in [4.78, 5) is 22.1. The molecule has 0 aliphatic carbocycles. The molecule has 3 rings (SSSR count). The van der Waals surface area contributed by atoms with Crippen molar-refractivity contribution in [3.63, 3.8) is 0 Å². The smallest absolute Gasteiger partial charge is 0.261 e. The molecule has 7 heteroatoms. The highest BCUT2D eigenvalue weighted by atomic mass is 19.1. The van der Waals surface area contributed by atoms with E-state index in [0.717, 1.165) is 0 Å². The fourth-order valence-electron chi connectivity index (χ4n) is 2.02. The molecular weight excluding hydrogens is 275 g/mol. The van der Waals surface area contributed by atoms with Gasteiger partial charge in [-0.05, 0) is 37.1 Å². The maximum absolute atomic E-state index is 13.6. The minimum absolute atomic E-state index is 0.138. The lowest BCUT2D eigenvalue weighted by atomic mass is 10.1. The second kappa shape index (κ2) is 4.93. The van der Waals surface area contributed by atoms with E-state index in [9.17, 15) is 9.18 Å². The third kappa shape index (κ3) is 2.33. The standard InChI is InChI=1S/C14H11FN4O2/c1-7-3-9(4-8(2)11(7)15)14-18-12(19-21-14)10-5-16-6-17-13(10)20/h3-6H,1-2H3,(H,16,17,20). The summed E-state index contributed by atoms with van der Waals surface area (Å²) in [5.41, 5.74) is 1.44. The molecule has 106 valence electrons. The number of aromatic nitrogens is 4. The highest BCUT2D eigenvalue weighted by Gasteiger charge is 2.15. The van der Waals surface area contributed by atoms with Crippen LogP contribution in [0.2, 0.25) is 0 Å². The largest absolute Gasteiger partial charge is 0.334 e. The van der Waals surface area contributed by atoms with Crippen molar-refractivity contribution in [3.8, 4) is 22.8 Å². The molecule has 0 fully saturated rings. The fourth-order valence-corrected chi connectivity index (χ4v) is 2.02. The molecule has 3 aromatic rings. The van der Waals surface area contributed by atoms with Gasteiger partial charge in [-0.15, -0.1) is 0 Å². The average Bonchev–Trinajstić information content (AvgIpc) is 2.94. The van der Waals surface area contributed by atoms with E-state index >= 15 is 0 Å². The van der Waals surface area contributed by atoms with Gasteiger partial charge in [0.25, 0.3) is 11.4 Å². The van der Waals surface area contributed by atoms with Crippen molar-refractivity contribution in [1.82, 2.24) is 20.1 Å². The number of aryl methyl sites for hydroxylation is 2. The van der Waals surface area contributed by atoms with Gasteiger partial charge in [-0.1, -0.05) is 5.16 Å². The lowest BCUT2D eigenvalue weighted by Crippen LogP contribution is -2.09. The summed E-state index contributed by atoms with van der Waals surface area (Å²) in [5, 5.41) is 3.77. The Morgan fingerprint density at radius 3 is 2.62 bits per heavy atom. The number of benzene rings is 1. The zero-order chi connectivity index (χ0) is 15.0. The zero-order valence-electron chi connectivity index (χ0n) is 11.3. The number of H-pyrrole nitrogens is 1. The molecule has 0 atom stereocenters. The molecule has 0 amide bonds. The van der Waals surface area contributed by atoms with E-state index in [1.807, 2.05) is 0 Å². The number of nitrogens with zero attached hydrogens (tertiary/aromatic N) is 3. The Labute approximate surface area is 118 Å². The van der Waals surface area contributed by atoms with Gasteiger partial charge in [0.05, 0.1) is 6.33 Å². The van der Waals surface area contributed by atoms with E-state index in [4.69, 9.17) is 4.52 Å². The van der Waals surface area contributed by atoms with Gasteiger partial charge < -0.3 is 9.51 Å². The maximum Gasteiger partial charge on any atom is 0.261 e. The first-order valence-electron chi connectivity index (χ1n) is 6.20. The van der Waals surface area contributed by atoms with Crippen molar-refractivity contribution in [2.45, 2.75) is 13.8 Å². The molecule has 2 aromatic heterocycles. The van der Waals surface area contributed by atoms with Crippen molar-refractivity contribution in [2.75, 3.05) is 0 Å². The number of rotatable bonds is 2. The van der Waals surface area contributed by atoms with Crippen LogP contribution in [0.3, 0.4) is 0 Å². The topological polar surface area (TPSA) is 84.7 Å². The monoisotopic (exact) mass is 286 g/mol. The predicted octanol–water partition coefficient (Wildman–Crippen LogP) is 2.24. The molecule has 6 nitrogen and oxygen atoms in total. The van der Waals surface area contributed by atoms with Crippen LogP contribution in [0.15, 0.2) is 34.0 Å². The van der Waals surface area contributed by atoms with Crippen LogP contribution in [0.5, 0.6) is 0 Å². The van der Waals surface area contributed by atoms with Gasteiger partial charge in [0.1, 0.15) is 11.4 Å². The third-order valence-corrected chi connectivity index (χ3v) is 3.07. The molecule has 1 aromatic carbocycles. The van der Waals surface area contributed by atoms with Crippen LogP contribution < -0.4 is 5.56 Å². The van der Waals surface area contributed by atoms with Crippen molar-refractivity contribution in [2.24, 2.45) is 0 Å². The second-order valence-corrected chi connectivity index (χ2v) is 4.64. The molecule has 0 aliphatic rings. The highest BCUT2D eigenvalue weighted by molar-refractivity contribution is 5.60. The summed E-state index contributed by atoms with van der Waals surface area (Å²) < 4.78 is 18.8. The number of aromatic amines is 1. The molecule has 0 saturated carbocycles. The van der Waals surface area contributed by atoms with Crippen molar-refractivity contribution in [3.05, 3.63) is 52.0 Å². The molecule has 0 aliphatic heterocycles. The summed E-state index contributed by atoms with van der Waals surface area (Å²) in [6.45, 7) is 3.32. The van der Waals surface area contributed by atoms with Gasteiger partial charge in [0.2, 0.25) is 5.82 Å². The number of halogens is 1. The Kier molecular flexibility index (Phi) is 3.09. The minimum atomic E-state index is -0.358. The molecule has 0 saturated heterocycles. The van der Waals surface area contributed by atoms with Gasteiger partial charge in [-0.3, -0.25) is 4.79 Å². The van der Waals surface area contributed by atoms with E-state index < -0.39 is 0 Å². The average molecular weight is 286 g/mol. The van der Waals surface area contributed by atoms with Gasteiger partial charge in [0, 0.05) is 11.8 Å². The number of hydrogen-bond acceptors (Lipinski definition) is 5. The predicted molar refractivity (Wildman–Crippen MR) is 73.0 cm³/mol. The molecule has 2 heterocycles. The Balaban J connectivity index is 2.07. The molecule has 0 radical (unpaired) electrons.